The van der Waals surface area contributed by atoms with E-state index in [9.17, 15) is 8.78 Å². The van der Waals surface area contributed by atoms with Crippen LogP contribution < -0.4 is 4.74 Å². The second-order valence-corrected chi connectivity index (χ2v) is 7.19. The van der Waals surface area contributed by atoms with E-state index in [2.05, 4.69) is 20.7 Å². The number of alkyl halides is 2. The Balaban J connectivity index is 2.42. The average Bonchev–Trinajstić information content (AvgIpc) is 2.50. The van der Waals surface area contributed by atoms with Gasteiger partial charge in [-0.25, -0.2) is 0 Å². The number of rotatable bonds is 3. The molecule has 0 unspecified atom stereocenters. The van der Waals surface area contributed by atoms with Gasteiger partial charge in [0.15, 0.2) is 0 Å². The summed E-state index contributed by atoms with van der Waals surface area (Å²) in [5.74, 6) is 0.168. The van der Waals surface area contributed by atoms with E-state index in [0.717, 1.165) is 16.5 Å². The first-order chi connectivity index (χ1) is 9.59. The van der Waals surface area contributed by atoms with E-state index in [1.165, 1.54) is 6.07 Å². The lowest BCUT2D eigenvalue weighted by molar-refractivity contribution is -0.0565. The van der Waals surface area contributed by atoms with E-state index >= 15 is 0 Å². The van der Waals surface area contributed by atoms with Crippen LogP contribution in [0.4, 0.5) is 8.78 Å². The fourth-order valence-corrected chi connectivity index (χ4v) is 3.09. The molecule has 0 spiro atoms. The minimum Gasteiger partial charge on any atom is -0.434 e. The zero-order valence-corrected chi connectivity index (χ0v) is 14.1. The summed E-state index contributed by atoms with van der Waals surface area (Å²) in [4.78, 5) is 0. The third-order valence-corrected chi connectivity index (χ3v) is 3.93. The fourth-order valence-electron chi connectivity index (χ4n) is 2.71. The molecule has 0 saturated carbocycles. The van der Waals surface area contributed by atoms with Crippen molar-refractivity contribution in [3.05, 3.63) is 33.8 Å². The number of hydrogen-bond acceptors (Lipinski definition) is 2. The minimum absolute atomic E-state index is 0.168. The summed E-state index contributed by atoms with van der Waals surface area (Å²) in [5, 5.41) is 0. The summed E-state index contributed by atoms with van der Waals surface area (Å²) in [7, 11) is 0. The molecule has 21 heavy (non-hydrogen) atoms. The molecule has 2 nitrogen and oxygen atoms in total. The van der Waals surface area contributed by atoms with Gasteiger partial charge >= 0.3 is 6.61 Å². The van der Waals surface area contributed by atoms with Crippen molar-refractivity contribution in [2.45, 2.75) is 51.9 Å². The van der Waals surface area contributed by atoms with E-state index in [4.69, 9.17) is 4.74 Å². The van der Waals surface area contributed by atoms with Gasteiger partial charge in [0.1, 0.15) is 5.75 Å². The van der Waals surface area contributed by atoms with Crippen LogP contribution in [-0.4, -0.2) is 17.8 Å². The number of hydrogen-bond donors (Lipinski definition) is 0. The summed E-state index contributed by atoms with van der Waals surface area (Å²) >= 11 is 3.36. The molecule has 1 aromatic carbocycles. The molecule has 116 valence electrons. The van der Waals surface area contributed by atoms with Crippen molar-refractivity contribution in [1.29, 1.82) is 0 Å². The first-order valence-electron chi connectivity index (χ1n) is 6.75. The summed E-state index contributed by atoms with van der Waals surface area (Å²) in [5.41, 5.74) is 0.998. The summed E-state index contributed by atoms with van der Waals surface area (Å²) in [6, 6.07) is 4.99. The van der Waals surface area contributed by atoms with Crippen LogP contribution in [0.3, 0.4) is 0 Å². The zero-order valence-electron chi connectivity index (χ0n) is 12.5. The monoisotopic (exact) mass is 360 g/mol. The Morgan fingerprint density at radius 3 is 2.48 bits per heavy atom. The predicted molar refractivity (Wildman–Crippen MR) is 82.6 cm³/mol. The van der Waals surface area contributed by atoms with Gasteiger partial charge in [0, 0.05) is 10.0 Å². The number of ether oxygens (including phenoxy) is 2. The van der Waals surface area contributed by atoms with Crippen LogP contribution in [-0.2, 0) is 4.74 Å². The van der Waals surface area contributed by atoms with Crippen LogP contribution in [0.5, 0.6) is 5.75 Å². The van der Waals surface area contributed by atoms with Gasteiger partial charge in [0.25, 0.3) is 0 Å². The normalized spacial score (nSPS) is 22.0. The van der Waals surface area contributed by atoms with Crippen LogP contribution in [0.15, 0.2) is 28.2 Å². The third-order valence-electron chi connectivity index (χ3n) is 3.44. The molecule has 0 radical (unpaired) electrons. The van der Waals surface area contributed by atoms with E-state index in [1.807, 2.05) is 33.8 Å². The van der Waals surface area contributed by atoms with Gasteiger partial charge in [-0.1, -0.05) is 15.9 Å². The molecule has 0 amide bonds. The lowest BCUT2D eigenvalue weighted by atomic mass is 9.92. The van der Waals surface area contributed by atoms with E-state index < -0.39 is 12.2 Å². The Morgan fingerprint density at radius 1 is 1.29 bits per heavy atom. The average molecular weight is 361 g/mol. The van der Waals surface area contributed by atoms with Crippen LogP contribution in [0.1, 0.15) is 39.7 Å². The second-order valence-electron chi connectivity index (χ2n) is 6.28. The highest BCUT2D eigenvalue weighted by Crippen LogP contribution is 2.43. The molecule has 5 heteroatoms. The second kappa shape index (κ2) is 5.69. The van der Waals surface area contributed by atoms with Crippen LogP contribution in [0, 0.1) is 0 Å². The molecule has 1 heterocycles. The molecule has 0 atom stereocenters. The Hall–Kier alpha value is -0.940. The van der Waals surface area contributed by atoms with Gasteiger partial charge in [0.2, 0.25) is 0 Å². The van der Waals surface area contributed by atoms with Crippen LogP contribution >= 0.6 is 15.9 Å². The lowest BCUT2D eigenvalue weighted by Gasteiger charge is -2.24. The highest BCUT2D eigenvalue weighted by molar-refractivity contribution is 9.10. The van der Waals surface area contributed by atoms with Gasteiger partial charge in [-0.3, -0.25) is 0 Å². The third kappa shape index (κ3) is 4.04. The van der Waals surface area contributed by atoms with Gasteiger partial charge in [-0.05, 0) is 64.0 Å². The van der Waals surface area contributed by atoms with Crippen molar-refractivity contribution < 1.29 is 18.3 Å². The maximum absolute atomic E-state index is 12.5. The molecule has 0 bridgehead atoms. The quantitative estimate of drug-likeness (QED) is 0.717. The maximum atomic E-state index is 12.5. The molecule has 0 aliphatic carbocycles. The van der Waals surface area contributed by atoms with Crippen LogP contribution in [0.2, 0.25) is 0 Å². The fraction of sp³-hybridized carbons (Fsp3) is 0.500. The van der Waals surface area contributed by atoms with Crippen molar-refractivity contribution in [3.63, 3.8) is 0 Å². The highest BCUT2D eigenvalue weighted by atomic mass is 79.9. The topological polar surface area (TPSA) is 18.5 Å². The number of benzene rings is 1. The molecule has 0 N–H and O–H groups in total. The Labute approximate surface area is 132 Å². The smallest absolute Gasteiger partial charge is 0.387 e. The molecular weight excluding hydrogens is 342 g/mol. The van der Waals surface area contributed by atoms with Crippen molar-refractivity contribution in [2.75, 3.05) is 0 Å². The zero-order chi connectivity index (χ0) is 15.8. The first-order valence-corrected chi connectivity index (χ1v) is 7.54. The van der Waals surface area contributed by atoms with E-state index in [0.29, 0.717) is 5.56 Å². The first kappa shape index (κ1) is 16.4. The van der Waals surface area contributed by atoms with Gasteiger partial charge in [-0.2, -0.15) is 8.78 Å². The Bertz CT molecular complexity index is 565. The van der Waals surface area contributed by atoms with Gasteiger partial charge in [-0.15, -0.1) is 0 Å². The summed E-state index contributed by atoms with van der Waals surface area (Å²) in [6.45, 7) is 5.17. The Kier molecular flexibility index (Phi) is 4.45. The molecule has 1 aromatic rings. The van der Waals surface area contributed by atoms with E-state index in [1.54, 1.807) is 12.1 Å². The molecule has 0 aromatic heterocycles. The molecular formula is C16H19BrF2O2. The SMILES string of the molecule is CC1(C)CC(=Cc2cc(Br)ccc2OC(F)F)C(C)(C)O1. The lowest BCUT2D eigenvalue weighted by Crippen LogP contribution is -2.26. The molecule has 1 aliphatic heterocycles. The summed E-state index contributed by atoms with van der Waals surface area (Å²) < 4.78 is 36.4. The standard InChI is InChI=1S/C16H19BrF2O2/c1-15(2)9-11(16(3,4)21-15)7-10-8-12(17)5-6-13(10)20-14(18)19/h5-8,14H,9H2,1-4H3. The molecule has 1 fully saturated rings. The molecule has 1 aliphatic rings. The maximum Gasteiger partial charge on any atom is 0.387 e. The highest BCUT2D eigenvalue weighted by Gasteiger charge is 2.41. The van der Waals surface area contributed by atoms with Gasteiger partial charge < -0.3 is 9.47 Å². The van der Waals surface area contributed by atoms with E-state index in [-0.39, 0.29) is 11.4 Å². The summed E-state index contributed by atoms with van der Waals surface area (Å²) in [6.07, 6.45) is 2.64. The minimum atomic E-state index is -2.84. The van der Waals surface area contributed by atoms with Crippen molar-refractivity contribution >= 4 is 22.0 Å². The largest absolute Gasteiger partial charge is 0.434 e. The van der Waals surface area contributed by atoms with Gasteiger partial charge in [0.05, 0.1) is 11.2 Å². The van der Waals surface area contributed by atoms with Crippen molar-refractivity contribution in [2.24, 2.45) is 0 Å². The molecule has 2 rings (SSSR count). The predicted octanol–water partition coefficient (Wildman–Crippen LogP) is 5.41. The number of halogens is 3. The van der Waals surface area contributed by atoms with Crippen LogP contribution in [0.25, 0.3) is 6.08 Å². The Morgan fingerprint density at radius 2 is 1.95 bits per heavy atom. The molecule has 1 saturated heterocycles. The van der Waals surface area contributed by atoms with Crippen molar-refractivity contribution in [1.82, 2.24) is 0 Å². The van der Waals surface area contributed by atoms with Crippen molar-refractivity contribution in [3.8, 4) is 5.75 Å².